The van der Waals surface area contributed by atoms with Crippen LogP contribution in [0.4, 0.5) is 0 Å². The van der Waals surface area contributed by atoms with Crippen LogP contribution in [0.25, 0.3) is 0 Å². The van der Waals surface area contributed by atoms with E-state index >= 15 is 0 Å². The third kappa shape index (κ3) is 15.8. The van der Waals surface area contributed by atoms with E-state index in [0.29, 0.717) is 27.4 Å². The van der Waals surface area contributed by atoms with E-state index in [1.807, 2.05) is 60.7 Å². The number of phenolic OH excluding ortho intramolecular Hbond substituents is 2. The van der Waals surface area contributed by atoms with E-state index in [1.54, 1.807) is 0 Å². The Morgan fingerprint density at radius 3 is 1.10 bits per heavy atom. The molecule has 1 aliphatic carbocycles. The molecule has 0 radical (unpaired) electrons. The number of benzene rings is 4. The van der Waals surface area contributed by atoms with Crippen LogP contribution in [0.1, 0.15) is 166 Å². The molecule has 1 fully saturated rings. The van der Waals surface area contributed by atoms with Crippen molar-refractivity contribution in [3.05, 3.63) is 143 Å². The molecule has 2 N–H and O–H groups in total. The Morgan fingerprint density at radius 1 is 0.508 bits per heavy atom. The second-order valence-corrected chi connectivity index (χ2v) is 33.0. The first-order valence-electron chi connectivity index (χ1n) is 22.0. The first kappa shape index (κ1) is 49.3. The van der Waals surface area contributed by atoms with E-state index in [1.165, 1.54) is 60.8 Å². The number of phenols is 2. The maximum absolute atomic E-state index is 11.8. The molecule has 4 atom stereocenters. The van der Waals surface area contributed by atoms with Crippen molar-refractivity contribution in [2.24, 2.45) is 10.8 Å². The predicted octanol–water partition coefficient (Wildman–Crippen LogP) is 15.9. The van der Waals surface area contributed by atoms with Crippen LogP contribution in [0.15, 0.2) is 84.9 Å². The summed E-state index contributed by atoms with van der Waals surface area (Å²) in [5, 5.41) is 25.1. The largest absolute Gasteiger partial charge is 0.199 e. The third-order valence-electron chi connectivity index (χ3n) is 11.1. The Morgan fingerprint density at radius 2 is 0.831 bits per heavy atom. The van der Waals surface area contributed by atoms with E-state index in [4.69, 9.17) is 0 Å². The minimum Gasteiger partial charge on any atom is -0.199 e. The van der Waals surface area contributed by atoms with Crippen molar-refractivity contribution in [3.63, 3.8) is 0 Å². The Hall–Kier alpha value is -2.37. The maximum atomic E-state index is 11.8. The van der Waals surface area contributed by atoms with Crippen molar-refractivity contribution < 1.29 is 25.7 Å². The molecular formula is C54H78O2S2Ti-2. The Labute approximate surface area is 372 Å². The molecule has 4 aromatic rings. The van der Waals surface area contributed by atoms with Crippen molar-refractivity contribution in [2.75, 3.05) is 0 Å². The topological polar surface area (TPSA) is 40.5 Å². The van der Waals surface area contributed by atoms with E-state index in [0.717, 1.165) is 57.1 Å². The molecule has 6 rings (SSSR count). The van der Waals surface area contributed by atoms with E-state index in [-0.39, 0.29) is 37.1 Å². The summed E-state index contributed by atoms with van der Waals surface area (Å²) in [6.07, 6.45) is 9.98. The standard InChI is InChI=1S/C40H64O2S2.2C7H7.Ti/c1-37(2,3)23-27-19-31(39(7,8)9)21-29(35(27)41)25-43-33-17-15-13-14-16-18-34(33)44-26-30-22-32(40(10,11)12)20-28(36(30)42)24-38(4,5)6;2*1-7-5-3-2-4-6-7;/h19-22,33-34,41-42H,13-18,23-26H2,1-12H3;2*2-6H,1H2;/q;2*-1;/t33-,34?;;;/m0.../s1. The van der Waals surface area contributed by atoms with Gasteiger partial charge in [0, 0.05) is 0 Å². The molecule has 324 valence electrons. The van der Waals surface area contributed by atoms with Gasteiger partial charge < -0.3 is 0 Å². The molecule has 0 amide bonds. The predicted molar refractivity (Wildman–Crippen MR) is 260 cm³/mol. The van der Waals surface area contributed by atoms with Crippen LogP contribution in [0.3, 0.4) is 0 Å². The molecule has 1 heterocycles. The van der Waals surface area contributed by atoms with Gasteiger partial charge in [-0.1, -0.05) is 12.1 Å². The summed E-state index contributed by atoms with van der Waals surface area (Å²) in [6, 6.07) is 29.1. The SMILES string of the molecule is CC(C)(C)Cc1cc(C(C)(C)C)cc(C[S]2=[Ti]=[S@@](Cc3cc(C(C)(C)C)cc(CC(C)(C)C)c3O)C3CCCCCC[C@@H]32)c1O.[CH2-]c1ccccc1.[CH2-]c1ccccc1. The number of fused-ring (bicyclic) bond motifs is 1. The molecule has 59 heavy (non-hydrogen) atoms. The molecule has 0 bridgehead atoms. The van der Waals surface area contributed by atoms with Gasteiger partial charge >= 0.3 is 289 Å². The molecule has 1 saturated carbocycles. The zero-order valence-corrected chi connectivity index (χ0v) is 42.1. The summed E-state index contributed by atoms with van der Waals surface area (Å²) in [4.78, 5) is 0. The minimum atomic E-state index is -0.242. The molecule has 2 unspecified atom stereocenters. The molecule has 0 aromatic heterocycles. The van der Waals surface area contributed by atoms with Gasteiger partial charge in [0.15, 0.2) is 0 Å². The fraction of sp³-hybridized carbons (Fsp3) is 0.519. The molecule has 2 aliphatic rings. The quantitative estimate of drug-likeness (QED) is 0.150. The summed E-state index contributed by atoms with van der Waals surface area (Å²) < 4.78 is 0. The van der Waals surface area contributed by atoms with Crippen LogP contribution in [-0.2, 0) is 50.6 Å². The van der Waals surface area contributed by atoms with Gasteiger partial charge in [0.1, 0.15) is 0 Å². The average Bonchev–Trinajstić information content (AvgIpc) is 3.40. The molecule has 0 saturated heterocycles. The zero-order chi connectivity index (χ0) is 43.8. The molecule has 2 nitrogen and oxygen atoms in total. The van der Waals surface area contributed by atoms with Gasteiger partial charge in [-0.15, -0.1) is 24.3 Å². The average molecular weight is 871 g/mol. The second-order valence-electron chi connectivity index (χ2n) is 21.5. The number of hydrogen-bond acceptors (Lipinski definition) is 2. The molecular weight excluding hydrogens is 793 g/mol. The first-order valence-corrected chi connectivity index (χ1v) is 28.8. The van der Waals surface area contributed by atoms with E-state index in [2.05, 4.69) is 121 Å². The van der Waals surface area contributed by atoms with Gasteiger partial charge in [0.05, 0.1) is 0 Å². The van der Waals surface area contributed by atoms with Crippen LogP contribution in [0.2, 0.25) is 0 Å². The Bertz CT molecular complexity index is 1890. The fourth-order valence-electron chi connectivity index (χ4n) is 7.91. The monoisotopic (exact) mass is 870 g/mol. The van der Waals surface area contributed by atoms with Crippen LogP contribution in [0.5, 0.6) is 11.5 Å². The van der Waals surface area contributed by atoms with Gasteiger partial charge in [-0.2, -0.15) is 49.2 Å². The second kappa shape index (κ2) is 21.1. The van der Waals surface area contributed by atoms with Gasteiger partial charge in [0.25, 0.3) is 0 Å². The zero-order valence-electron chi connectivity index (χ0n) is 38.9. The van der Waals surface area contributed by atoms with Crippen molar-refractivity contribution in [1.29, 1.82) is 0 Å². The van der Waals surface area contributed by atoms with Gasteiger partial charge in [-0.25, -0.2) is 0 Å². The normalized spacial score (nSPS) is 19.7. The number of hydrogen-bond donors (Lipinski definition) is 2. The molecule has 5 heteroatoms. The van der Waals surface area contributed by atoms with Crippen molar-refractivity contribution in [2.45, 2.75) is 167 Å². The smallest absolute Gasteiger partial charge is 0.0866 e. The van der Waals surface area contributed by atoms with Gasteiger partial charge in [-0.3, -0.25) is 0 Å². The summed E-state index contributed by atoms with van der Waals surface area (Å²) in [5.41, 5.74) is 9.92. The molecule has 4 aromatic carbocycles. The van der Waals surface area contributed by atoms with Crippen LogP contribution < -0.4 is 0 Å². The first-order chi connectivity index (χ1) is 27.4. The van der Waals surface area contributed by atoms with Gasteiger partial charge in [-0.05, 0) is 0 Å². The van der Waals surface area contributed by atoms with Crippen molar-refractivity contribution in [3.8, 4) is 11.5 Å². The Kier molecular flexibility index (Phi) is 17.7. The fourth-order valence-corrected chi connectivity index (χ4v) is 28.7. The van der Waals surface area contributed by atoms with E-state index in [9.17, 15) is 10.2 Å². The third-order valence-corrected chi connectivity index (χ3v) is 27.0. The van der Waals surface area contributed by atoms with Crippen LogP contribution >= 0.6 is 15.9 Å². The summed E-state index contributed by atoms with van der Waals surface area (Å²) in [7, 11) is 0.703. The summed E-state index contributed by atoms with van der Waals surface area (Å²) in [6.45, 7) is 35.0. The maximum Gasteiger partial charge on any atom is -0.0866 e. The Balaban J connectivity index is 0.000000459. The number of aromatic hydroxyl groups is 2. The van der Waals surface area contributed by atoms with Crippen LogP contribution in [-0.4, -0.2) is 20.7 Å². The van der Waals surface area contributed by atoms with Crippen molar-refractivity contribution >= 4 is 15.9 Å². The minimum absolute atomic E-state index is 0.0531. The van der Waals surface area contributed by atoms with Crippen molar-refractivity contribution in [1.82, 2.24) is 0 Å². The van der Waals surface area contributed by atoms with Gasteiger partial charge in [0.2, 0.25) is 0 Å². The molecule has 1 aliphatic heterocycles. The van der Waals surface area contributed by atoms with Crippen LogP contribution in [0, 0.1) is 24.7 Å². The molecule has 0 spiro atoms. The summed E-state index contributed by atoms with van der Waals surface area (Å²) >= 11 is -0.242. The van der Waals surface area contributed by atoms with E-state index < -0.39 is 0 Å². The number of rotatable bonds is 6. The summed E-state index contributed by atoms with van der Waals surface area (Å²) in [5.74, 6) is 3.27.